The molecular weight excluding hydrogens is 160 g/mol. The molecule has 0 aromatic carbocycles. The zero-order chi connectivity index (χ0) is 9.40. The van der Waals surface area contributed by atoms with Gasteiger partial charge in [0, 0.05) is 13.3 Å². The summed E-state index contributed by atoms with van der Waals surface area (Å²) in [6, 6.07) is 0. The van der Waals surface area contributed by atoms with E-state index in [4.69, 9.17) is 14.2 Å². The second kappa shape index (κ2) is 6.52. The zero-order valence-electron chi connectivity index (χ0n) is 7.62. The third-order valence-corrected chi connectivity index (χ3v) is 1.17. The van der Waals surface area contributed by atoms with Gasteiger partial charge in [0.05, 0.1) is 20.8 Å². The fourth-order valence-corrected chi connectivity index (χ4v) is 0.636. The number of rotatable bonds is 5. The Hall–Kier alpha value is -1.19. The number of ether oxygens (including phenoxy) is 3. The molecule has 0 spiro atoms. The summed E-state index contributed by atoms with van der Waals surface area (Å²) in [6.07, 6.45) is 2.01. The highest BCUT2D eigenvalue weighted by Gasteiger charge is 1.98. The molecule has 0 saturated heterocycles. The first-order valence-electron chi connectivity index (χ1n) is 3.60. The van der Waals surface area contributed by atoms with Crippen molar-refractivity contribution in [2.45, 2.75) is 13.3 Å². The van der Waals surface area contributed by atoms with Gasteiger partial charge in [-0.3, -0.25) is 4.79 Å². The van der Waals surface area contributed by atoms with E-state index in [1.165, 1.54) is 20.3 Å². The lowest BCUT2D eigenvalue weighted by Gasteiger charge is -2.05. The predicted molar refractivity (Wildman–Crippen MR) is 43.4 cm³/mol. The molecule has 0 aliphatic rings. The smallest absolute Gasteiger partial charge is 0.302 e. The van der Waals surface area contributed by atoms with E-state index in [-0.39, 0.29) is 5.97 Å². The molecule has 0 bridgehead atoms. The van der Waals surface area contributed by atoms with Gasteiger partial charge in [0.25, 0.3) is 0 Å². The van der Waals surface area contributed by atoms with Gasteiger partial charge in [-0.2, -0.15) is 0 Å². The molecule has 0 fully saturated rings. The Kier molecular flexibility index (Phi) is 5.87. The maximum Gasteiger partial charge on any atom is 0.302 e. The summed E-state index contributed by atoms with van der Waals surface area (Å²) in [5.41, 5.74) is 0. The van der Waals surface area contributed by atoms with Crippen molar-refractivity contribution in [2.75, 3.05) is 20.8 Å². The van der Waals surface area contributed by atoms with Crippen LogP contribution in [-0.2, 0) is 19.0 Å². The van der Waals surface area contributed by atoms with Gasteiger partial charge in [-0.1, -0.05) is 0 Å². The maximum absolute atomic E-state index is 10.4. The van der Waals surface area contributed by atoms with Crippen LogP contribution in [0.25, 0.3) is 0 Å². The molecule has 0 unspecified atom stereocenters. The van der Waals surface area contributed by atoms with Gasteiger partial charge in [0.15, 0.2) is 0 Å². The summed E-state index contributed by atoms with van der Waals surface area (Å²) in [5, 5.41) is 0. The number of hydrogen-bond acceptors (Lipinski definition) is 4. The molecule has 0 N–H and O–H groups in total. The van der Waals surface area contributed by atoms with Gasteiger partial charge in [0.1, 0.15) is 12.0 Å². The summed E-state index contributed by atoms with van der Waals surface area (Å²) in [5.74, 6) is 0.363. The van der Waals surface area contributed by atoms with Crippen LogP contribution in [0.5, 0.6) is 0 Å². The van der Waals surface area contributed by atoms with E-state index in [0.29, 0.717) is 18.8 Å². The molecule has 0 rings (SSSR count). The van der Waals surface area contributed by atoms with Crippen molar-refractivity contribution >= 4 is 5.97 Å². The van der Waals surface area contributed by atoms with Crippen molar-refractivity contribution in [3.05, 3.63) is 12.0 Å². The van der Waals surface area contributed by atoms with E-state index in [0.717, 1.165) is 0 Å². The van der Waals surface area contributed by atoms with Crippen molar-refractivity contribution in [2.24, 2.45) is 0 Å². The monoisotopic (exact) mass is 174 g/mol. The number of esters is 1. The van der Waals surface area contributed by atoms with Crippen LogP contribution in [0.3, 0.4) is 0 Å². The minimum absolute atomic E-state index is 0.289. The third kappa shape index (κ3) is 5.58. The fraction of sp³-hybridized carbons (Fsp3) is 0.625. The first kappa shape index (κ1) is 10.8. The van der Waals surface area contributed by atoms with Crippen LogP contribution in [0.15, 0.2) is 12.0 Å². The third-order valence-electron chi connectivity index (χ3n) is 1.17. The number of methoxy groups -OCH3 is 2. The van der Waals surface area contributed by atoms with Gasteiger partial charge >= 0.3 is 5.97 Å². The highest BCUT2D eigenvalue weighted by Crippen LogP contribution is 2.01. The van der Waals surface area contributed by atoms with Gasteiger partial charge in [-0.05, 0) is 0 Å². The molecular formula is C8H14O4. The van der Waals surface area contributed by atoms with Crippen LogP contribution in [0.1, 0.15) is 13.3 Å². The van der Waals surface area contributed by atoms with Gasteiger partial charge in [-0.25, -0.2) is 0 Å². The Morgan fingerprint density at radius 3 is 2.50 bits per heavy atom. The summed E-state index contributed by atoms with van der Waals surface area (Å²) in [4.78, 5) is 10.4. The van der Waals surface area contributed by atoms with Crippen molar-refractivity contribution in [1.29, 1.82) is 0 Å². The second-order valence-corrected chi connectivity index (χ2v) is 2.11. The molecule has 0 aromatic heterocycles. The van der Waals surface area contributed by atoms with E-state index in [9.17, 15) is 4.79 Å². The summed E-state index contributed by atoms with van der Waals surface area (Å²) in [7, 11) is 3.07. The largest absolute Gasteiger partial charge is 0.501 e. The van der Waals surface area contributed by atoms with E-state index in [1.54, 1.807) is 7.11 Å². The predicted octanol–water partition coefficient (Wildman–Crippen LogP) is 1.07. The first-order valence-corrected chi connectivity index (χ1v) is 3.60. The van der Waals surface area contributed by atoms with Crippen LogP contribution < -0.4 is 0 Å². The van der Waals surface area contributed by atoms with E-state index in [1.807, 2.05) is 0 Å². The maximum atomic E-state index is 10.4. The molecule has 0 aromatic rings. The lowest BCUT2D eigenvalue weighted by molar-refractivity contribution is -0.141. The lowest BCUT2D eigenvalue weighted by atomic mass is 10.4. The summed E-state index contributed by atoms with van der Waals surface area (Å²) < 4.78 is 14.3. The Morgan fingerprint density at radius 1 is 1.42 bits per heavy atom. The van der Waals surface area contributed by atoms with Crippen LogP contribution >= 0.6 is 0 Å². The number of hydrogen-bond donors (Lipinski definition) is 0. The van der Waals surface area contributed by atoms with Gasteiger partial charge in [-0.15, -0.1) is 0 Å². The van der Waals surface area contributed by atoms with Gasteiger partial charge in [0.2, 0.25) is 0 Å². The normalized spacial score (nSPS) is 10.8. The molecule has 0 aliphatic heterocycles. The Balaban J connectivity index is 3.58. The molecule has 0 radical (unpaired) electrons. The van der Waals surface area contributed by atoms with E-state index in [2.05, 4.69) is 0 Å². The summed E-state index contributed by atoms with van der Waals surface area (Å²) in [6.45, 7) is 1.69. The minimum Gasteiger partial charge on any atom is -0.501 e. The van der Waals surface area contributed by atoms with Crippen LogP contribution in [-0.4, -0.2) is 26.8 Å². The molecule has 0 amide bonds. The molecule has 70 valence electrons. The SMILES string of the molecule is CO/C=C(\CCOC(C)=O)OC. The Bertz CT molecular complexity index is 162. The quantitative estimate of drug-likeness (QED) is 0.462. The van der Waals surface area contributed by atoms with Crippen molar-refractivity contribution in [1.82, 2.24) is 0 Å². The van der Waals surface area contributed by atoms with Crippen molar-refractivity contribution in [3.63, 3.8) is 0 Å². The van der Waals surface area contributed by atoms with Crippen LogP contribution in [0.2, 0.25) is 0 Å². The molecule has 0 atom stereocenters. The fourth-order valence-electron chi connectivity index (χ4n) is 0.636. The Morgan fingerprint density at radius 2 is 2.08 bits per heavy atom. The van der Waals surface area contributed by atoms with Crippen LogP contribution in [0, 0.1) is 0 Å². The second-order valence-electron chi connectivity index (χ2n) is 2.11. The minimum atomic E-state index is -0.289. The average Bonchev–Trinajstić information content (AvgIpc) is 2.02. The summed E-state index contributed by atoms with van der Waals surface area (Å²) >= 11 is 0. The highest BCUT2D eigenvalue weighted by atomic mass is 16.5. The first-order chi connectivity index (χ1) is 5.70. The van der Waals surface area contributed by atoms with Crippen molar-refractivity contribution < 1.29 is 19.0 Å². The molecule has 12 heavy (non-hydrogen) atoms. The molecule has 4 nitrogen and oxygen atoms in total. The average molecular weight is 174 g/mol. The molecule has 0 heterocycles. The number of carbonyl (C=O) groups is 1. The zero-order valence-corrected chi connectivity index (χ0v) is 7.62. The molecule has 4 heteroatoms. The molecule has 0 saturated carbocycles. The molecule has 0 aliphatic carbocycles. The van der Waals surface area contributed by atoms with E-state index < -0.39 is 0 Å². The highest BCUT2D eigenvalue weighted by molar-refractivity contribution is 5.65. The topological polar surface area (TPSA) is 44.8 Å². The standard InChI is InChI=1S/C8H14O4/c1-7(9)12-5-4-8(11-3)6-10-2/h6H,4-5H2,1-3H3/b8-6+. The number of carbonyl (C=O) groups excluding carboxylic acids is 1. The van der Waals surface area contributed by atoms with Gasteiger partial charge < -0.3 is 14.2 Å². The Labute approximate surface area is 72.1 Å². The lowest BCUT2D eigenvalue weighted by Crippen LogP contribution is -2.02. The van der Waals surface area contributed by atoms with Crippen molar-refractivity contribution in [3.8, 4) is 0 Å². The van der Waals surface area contributed by atoms with Crippen LogP contribution in [0.4, 0.5) is 0 Å². The van der Waals surface area contributed by atoms with E-state index >= 15 is 0 Å².